The number of esters is 1. The number of hydrogen-bond acceptors (Lipinski definition) is 5. The third-order valence-electron chi connectivity index (χ3n) is 2.91. The van der Waals surface area contributed by atoms with Gasteiger partial charge in [0.05, 0.1) is 5.56 Å². The van der Waals surface area contributed by atoms with Crippen molar-refractivity contribution in [1.82, 2.24) is 0 Å². The molecule has 0 heterocycles. The Kier molecular flexibility index (Phi) is 5.46. The Morgan fingerprint density at radius 1 is 1.00 bits per heavy atom. The van der Waals surface area contributed by atoms with Gasteiger partial charge in [-0.2, -0.15) is 0 Å². The van der Waals surface area contributed by atoms with Crippen LogP contribution in [-0.4, -0.2) is 17.8 Å². The lowest BCUT2D eigenvalue weighted by atomic mass is 10.2. The quantitative estimate of drug-likeness (QED) is 0.229. The highest BCUT2D eigenvalue weighted by Crippen LogP contribution is 2.14. The monoisotopic (exact) mass is 312 g/mol. The summed E-state index contributed by atoms with van der Waals surface area (Å²) >= 11 is 0. The number of carbonyl (C=O) groups is 2. The zero-order valence-corrected chi connectivity index (χ0v) is 12.6. The van der Waals surface area contributed by atoms with Gasteiger partial charge in [-0.25, -0.2) is 4.79 Å². The van der Waals surface area contributed by atoms with Crippen LogP contribution in [0.5, 0.6) is 5.75 Å². The summed E-state index contributed by atoms with van der Waals surface area (Å²) < 4.78 is 5.02. The highest BCUT2D eigenvalue weighted by molar-refractivity contribution is 5.98. The fraction of sp³-hybridized carbons (Fsp3) is 0.118. The van der Waals surface area contributed by atoms with E-state index >= 15 is 0 Å². The standard InChI is InChI=1S/C17H16N2O4/c1-2-15(20)22-14-10-8-13(9-11-14)17(21)23-19-16(18)12-6-4-3-5-7-12/h3-11H,2H2,1H3,(H2,18,19). The zero-order valence-electron chi connectivity index (χ0n) is 12.6. The van der Waals surface area contributed by atoms with Gasteiger partial charge in [-0.3, -0.25) is 4.79 Å². The number of oxime groups is 1. The van der Waals surface area contributed by atoms with E-state index in [1.165, 1.54) is 24.3 Å². The van der Waals surface area contributed by atoms with Crippen molar-refractivity contribution in [3.05, 3.63) is 65.7 Å². The van der Waals surface area contributed by atoms with Crippen LogP contribution in [0.3, 0.4) is 0 Å². The molecule has 6 nitrogen and oxygen atoms in total. The first-order valence-electron chi connectivity index (χ1n) is 7.01. The van der Waals surface area contributed by atoms with Gasteiger partial charge in [0.2, 0.25) is 0 Å². The second-order valence-corrected chi connectivity index (χ2v) is 4.57. The Balaban J connectivity index is 1.99. The Morgan fingerprint density at radius 3 is 2.26 bits per heavy atom. The molecule has 0 aromatic heterocycles. The first kappa shape index (κ1) is 16.2. The van der Waals surface area contributed by atoms with E-state index in [0.717, 1.165) is 0 Å². The van der Waals surface area contributed by atoms with Gasteiger partial charge in [-0.15, -0.1) is 0 Å². The zero-order chi connectivity index (χ0) is 16.7. The predicted octanol–water partition coefficient (Wildman–Crippen LogP) is 2.48. The number of ether oxygens (including phenoxy) is 1. The van der Waals surface area contributed by atoms with Gasteiger partial charge in [0.15, 0.2) is 5.84 Å². The average Bonchev–Trinajstić information content (AvgIpc) is 2.60. The summed E-state index contributed by atoms with van der Waals surface area (Å²) in [6.07, 6.45) is 0.275. The van der Waals surface area contributed by atoms with Gasteiger partial charge in [-0.1, -0.05) is 42.4 Å². The fourth-order valence-corrected chi connectivity index (χ4v) is 1.67. The van der Waals surface area contributed by atoms with E-state index in [2.05, 4.69) is 5.16 Å². The molecule has 0 aliphatic carbocycles. The maximum atomic E-state index is 11.9. The van der Waals surface area contributed by atoms with Crippen LogP contribution in [0, 0.1) is 0 Å². The van der Waals surface area contributed by atoms with Gasteiger partial charge in [0.1, 0.15) is 5.75 Å². The van der Waals surface area contributed by atoms with Crippen molar-refractivity contribution in [3.8, 4) is 5.75 Å². The number of nitrogens with two attached hydrogens (primary N) is 1. The van der Waals surface area contributed by atoms with Crippen molar-refractivity contribution in [2.24, 2.45) is 10.9 Å². The first-order chi connectivity index (χ1) is 11.1. The topological polar surface area (TPSA) is 91.0 Å². The lowest BCUT2D eigenvalue weighted by molar-refractivity contribution is -0.134. The number of rotatable bonds is 5. The molecular formula is C17H16N2O4. The third-order valence-corrected chi connectivity index (χ3v) is 2.91. The number of hydrogen-bond donors (Lipinski definition) is 1. The molecule has 2 rings (SSSR count). The highest BCUT2D eigenvalue weighted by atomic mass is 16.7. The van der Waals surface area contributed by atoms with Crippen LogP contribution >= 0.6 is 0 Å². The minimum Gasteiger partial charge on any atom is -0.427 e. The lowest BCUT2D eigenvalue weighted by Crippen LogP contribution is -2.15. The molecule has 0 amide bonds. The van der Waals surface area contributed by atoms with E-state index in [0.29, 0.717) is 11.3 Å². The fourth-order valence-electron chi connectivity index (χ4n) is 1.67. The largest absolute Gasteiger partial charge is 0.427 e. The number of benzene rings is 2. The van der Waals surface area contributed by atoms with Crippen molar-refractivity contribution >= 4 is 17.8 Å². The molecule has 0 unspecified atom stereocenters. The van der Waals surface area contributed by atoms with Gasteiger partial charge in [-0.05, 0) is 24.3 Å². The SMILES string of the molecule is CCC(=O)Oc1ccc(C(=O)O/N=C(\N)c2ccccc2)cc1. The summed E-state index contributed by atoms with van der Waals surface area (Å²) in [5, 5.41) is 3.61. The van der Waals surface area contributed by atoms with Crippen LogP contribution in [0.1, 0.15) is 29.3 Å². The van der Waals surface area contributed by atoms with Crippen LogP contribution in [0.25, 0.3) is 0 Å². The molecule has 23 heavy (non-hydrogen) atoms. The molecule has 0 atom stereocenters. The molecule has 0 saturated heterocycles. The van der Waals surface area contributed by atoms with Crippen LogP contribution in [0.15, 0.2) is 59.8 Å². The summed E-state index contributed by atoms with van der Waals surface area (Å²) in [5.74, 6) is -0.536. The number of amidine groups is 1. The lowest BCUT2D eigenvalue weighted by Gasteiger charge is -2.04. The Labute approximate surface area is 133 Å². The summed E-state index contributed by atoms with van der Waals surface area (Å²) in [4.78, 5) is 27.8. The van der Waals surface area contributed by atoms with E-state index in [4.69, 9.17) is 15.3 Å². The van der Waals surface area contributed by atoms with Gasteiger partial charge >= 0.3 is 11.9 Å². The van der Waals surface area contributed by atoms with Crippen molar-refractivity contribution < 1.29 is 19.2 Å². The first-order valence-corrected chi connectivity index (χ1v) is 7.01. The summed E-state index contributed by atoms with van der Waals surface area (Å²) in [6.45, 7) is 1.70. The molecule has 0 spiro atoms. The summed E-state index contributed by atoms with van der Waals surface area (Å²) in [7, 11) is 0. The van der Waals surface area contributed by atoms with E-state index in [9.17, 15) is 9.59 Å². The normalized spacial score (nSPS) is 10.9. The molecule has 0 aliphatic rings. The second kappa shape index (κ2) is 7.74. The van der Waals surface area contributed by atoms with E-state index < -0.39 is 5.97 Å². The molecule has 2 N–H and O–H groups in total. The molecule has 0 aliphatic heterocycles. The third kappa shape index (κ3) is 4.67. The summed E-state index contributed by atoms with van der Waals surface area (Å²) in [6, 6.07) is 14.9. The van der Waals surface area contributed by atoms with E-state index in [-0.39, 0.29) is 23.8 Å². The Morgan fingerprint density at radius 2 is 1.65 bits per heavy atom. The minimum absolute atomic E-state index is 0.104. The van der Waals surface area contributed by atoms with Crippen molar-refractivity contribution in [2.75, 3.05) is 0 Å². The predicted molar refractivity (Wildman–Crippen MR) is 84.9 cm³/mol. The number of carbonyl (C=O) groups excluding carboxylic acids is 2. The van der Waals surface area contributed by atoms with Crippen molar-refractivity contribution in [3.63, 3.8) is 0 Å². The molecule has 118 valence electrons. The highest BCUT2D eigenvalue weighted by Gasteiger charge is 2.09. The molecule has 6 heteroatoms. The van der Waals surface area contributed by atoms with Crippen LogP contribution in [0.4, 0.5) is 0 Å². The maximum Gasteiger partial charge on any atom is 0.365 e. The minimum atomic E-state index is -0.655. The number of nitrogens with zero attached hydrogens (tertiary/aromatic N) is 1. The molecule has 2 aromatic rings. The molecule has 0 fully saturated rings. The smallest absolute Gasteiger partial charge is 0.365 e. The van der Waals surface area contributed by atoms with Crippen LogP contribution in [-0.2, 0) is 9.63 Å². The van der Waals surface area contributed by atoms with Crippen LogP contribution < -0.4 is 10.5 Å². The van der Waals surface area contributed by atoms with Crippen molar-refractivity contribution in [2.45, 2.75) is 13.3 Å². The Hall–Kier alpha value is -3.15. The molecule has 0 saturated carbocycles. The summed E-state index contributed by atoms with van der Waals surface area (Å²) in [5.41, 5.74) is 6.66. The van der Waals surface area contributed by atoms with Gasteiger partial charge in [0.25, 0.3) is 0 Å². The van der Waals surface area contributed by atoms with Crippen molar-refractivity contribution in [1.29, 1.82) is 0 Å². The maximum absolute atomic E-state index is 11.9. The second-order valence-electron chi connectivity index (χ2n) is 4.57. The molecular weight excluding hydrogens is 296 g/mol. The van der Waals surface area contributed by atoms with Gasteiger partial charge < -0.3 is 15.3 Å². The van der Waals surface area contributed by atoms with Crippen LogP contribution in [0.2, 0.25) is 0 Å². The molecule has 0 bridgehead atoms. The molecule has 0 radical (unpaired) electrons. The average molecular weight is 312 g/mol. The Bertz CT molecular complexity index is 709. The van der Waals surface area contributed by atoms with E-state index in [1.807, 2.05) is 6.07 Å². The molecule has 2 aromatic carbocycles. The van der Waals surface area contributed by atoms with E-state index in [1.54, 1.807) is 31.2 Å². The van der Waals surface area contributed by atoms with Gasteiger partial charge in [0, 0.05) is 12.0 Å².